The minimum Gasteiger partial charge on any atom is -0.493 e. The second kappa shape index (κ2) is 6.30. The molecule has 21 heavy (non-hydrogen) atoms. The van der Waals surface area contributed by atoms with Crippen molar-refractivity contribution in [3.63, 3.8) is 0 Å². The van der Waals surface area contributed by atoms with E-state index in [9.17, 15) is 4.79 Å². The fraction of sp³-hybridized carbons (Fsp3) is 0.333. The van der Waals surface area contributed by atoms with Crippen LogP contribution < -0.4 is 9.47 Å². The number of carbonyl (C=O) groups is 1. The van der Waals surface area contributed by atoms with Crippen LogP contribution in [0, 0.1) is 13.8 Å². The first-order valence-electron chi connectivity index (χ1n) is 6.57. The third-order valence-corrected chi connectivity index (χ3v) is 3.23. The van der Waals surface area contributed by atoms with E-state index in [1.54, 1.807) is 25.6 Å². The van der Waals surface area contributed by atoms with Gasteiger partial charge < -0.3 is 14.6 Å². The summed E-state index contributed by atoms with van der Waals surface area (Å²) in [6.45, 7) is 4.28. The van der Waals surface area contributed by atoms with Gasteiger partial charge in [0, 0.05) is 0 Å². The molecule has 0 unspecified atom stereocenters. The van der Waals surface area contributed by atoms with Crippen LogP contribution in [0.3, 0.4) is 0 Å². The van der Waals surface area contributed by atoms with Crippen molar-refractivity contribution in [2.45, 2.75) is 20.4 Å². The molecular weight excluding hydrogens is 272 g/mol. The fourth-order valence-electron chi connectivity index (χ4n) is 2.20. The third-order valence-electron chi connectivity index (χ3n) is 3.23. The largest absolute Gasteiger partial charge is 0.493 e. The number of nitrogens with zero attached hydrogens (tertiary/aromatic N) is 2. The molecule has 1 aromatic heterocycles. The van der Waals surface area contributed by atoms with Crippen LogP contribution in [-0.4, -0.2) is 34.6 Å². The van der Waals surface area contributed by atoms with Crippen molar-refractivity contribution >= 4 is 5.97 Å². The molecule has 0 radical (unpaired) electrons. The molecule has 2 rings (SSSR count). The zero-order valence-electron chi connectivity index (χ0n) is 12.3. The second-order valence-electron chi connectivity index (χ2n) is 4.57. The van der Waals surface area contributed by atoms with Gasteiger partial charge in [-0.3, -0.25) is 4.68 Å². The monoisotopic (exact) mass is 290 g/mol. The lowest BCUT2D eigenvalue weighted by atomic mass is 10.2. The smallest absolute Gasteiger partial charge is 0.339 e. The summed E-state index contributed by atoms with van der Waals surface area (Å²) in [7, 11) is 1.59. The molecule has 0 saturated carbocycles. The van der Waals surface area contributed by atoms with Crippen LogP contribution >= 0.6 is 0 Å². The average molecular weight is 290 g/mol. The summed E-state index contributed by atoms with van der Waals surface area (Å²) < 4.78 is 12.5. The molecule has 0 aliphatic carbocycles. The molecule has 0 spiro atoms. The highest BCUT2D eigenvalue weighted by Gasteiger charge is 2.17. The zero-order valence-corrected chi connectivity index (χ0v) is 12.3. The highest BCUT2D eigenvalue weighted by atomic mass is 16.5. The molecule has 1 aromatic carbocycles. The minimum absolute atomic E-state index is 0.257. The molecular formula is C15H18N2O4. The highest BCUT2D eigenvalue weighted by molar-refractivity contribution is 5.90. The van der Waals surface area contributed by atoms with Gasteiger partial charge in [0.1, 0.15) is 12.2 Å². The molecule has 6 heteroatoms. The third kappa shape index (κ3) is 3.16. The van der Waals surface area contributed by atoms with Crippen LogP contribution in [0.25, 0.3) is 0 Å². The van der Waals surface area contributed by atoms with Gasteiger partial charge in [0.2, 0.25) is 0 Å². The predicted molar refractivity (Wildman–Crippen MR) is 77.1 cm³/mol. The number of methoxy groups -OCH3 is 1. The summed E-state index contributed by atoms with van der Waals surface area (Å²) >= 11 is 0. The van der Waals surface area contributed by atoms with Gasteiger partial charge in [-0.1, -0.05) is 12.1 Å². The number of aromatic nitrogens is 2. The highest BCUT2D eigenvalue weighted by Crippen LogP contribution is 2.25. The number of carboxylic acids is 1. The molecule has 0 fully saturated rings. The van der Waals surface area contributed by atoms with E-state index >= 15 is 0 Å². The number of benzene rings is 1. The number of aromatic carboxylic acids is 1. The van der Waals surface area contributed by atoms with E-state index < -0.39 is 5.97 Å². The molecule has 1 N–H and O–H groups in total. The topological polar surface area (TPSA) is 73.6 Å². The van der Waals surface area contributed by atoms with Crippen molar-refractivity contribution in [2.75, 3.05) is 13.7 Å². The van der Waals surface area contributed by atoms with Gasteiger partial charge >= 0.3 is 5.97 Å². The van der Waals surface area contributed by atoms with Crippen molar-refractivity contribution in [1.29, 1.82) is 0 Å². The lowest BCUT2D eigenvalue weighted by Gasteiger charge is -2.11. The standard InChI is InChI=1S/C15H18N2O4/c1-10-14(15(18)19)11(2)17(16-10)8-9-21-13-7-5-4-6-12(13)20-3/h4-7H,8-9H2,1-3H3,(H,18,19). The maximum Gasteiger partial charge on any atom is 0.339 e. The van der Waals surface area contributed by atoms with Crippen LogP contribution in [0.15, 0.2) is 24.3 Å². The molecule has 2 aromatic rings. The van der Waals surface area contributed by atoms with Crippen molar-refractivity contribution in [1.82, 2.24) is 9.78 Å². The van der Waals surface area contributed by atoms with Crippen LogP contribution in [-0.2, 0) is 6.54 Å². The Labute approximate surface area is 122 Å². The summed E-state index contributed by atoms with van der Waals surface area (Å²) in [5.41, 5.74) is 1.40. The maximum atomic E-state index is 11.1. The summed E-state index contributed by atoms with van der Waals surface area (Å²) in [5, 5.41) is 13.4. The van der Waals surface area contributed by atoms with Crippen molar-refractivity contribution in [3.8, 4) is 11.5 Å². The van der Waals surface area contributed by atoms with Gasteiger partial charge in [-0.05, 0) is 26.0 Å². The quantitative estimate of drug-likeness (QED) is 0.883. The Balaban J connectivity index is 2.04. The number of rotatable bonds is 6. The van der Waals surface area contributed by atoms with Crippen molar-refractivity contribution < 1.29 is 19.4 Å². The van der Waals surface area contributed by atoms with Gasteiger partial charge in [-0.15, -0.1) is 0 Å². The minimum atomic E-state index is -0.957. The molecule has 0 saturated heterocycles. The van der Waals surface area contributed by atoms with E-state index in [4.69, 9.17) is 14.6 Å². The first kappa shape index (κ1) is 14.9. The molecule has 0 aliphatic rings. The number of hydrogen-bond acceptors (Lipinski definition) is 4. The number of carboxylic acid groups (broad SMARTS) is 1. The van der Waals surface area contributed by atoms with E-state index in [0.717, 1.165) is 0 Å². The maximum absolute atomic E-state index is 11.1. The number of para-hydroxylation sites is 2. The van der Waals surface area contributed by atoms with Crippen LogP contribution in [0.2, 0.25) is 0 Å². The van der Waals surface area contributed by atoms with Crippen LogP contribution in [0.4, 0.5) is 0 Å². The molecule has 6 nitrogen and oxygen atoms in total. The predicted octanol–water partition coefficient (Wildman–Crippen LogP) is 2.29. The van der Waals surface area contributed by atoms with E-state index in [1.807, 2.05) is 24.3 Å². The molecule has 0 bridgehead atoms. The first-order valence-corrected chi connectivity index (χ1v) is 6.57. The van der Waals surface area contributed by atoms with Gasteiger partial charge in [0.15, 0.2) is 11.5 Å². The Morgan fingerprint density at radius 3 is 2.52 bits per heavy atom. The van der Waals surface area contributed by atoms with Gasteiger partial charge in [0.25, 0.3) is 0 Å². The molecule has 0 aliphatic heterocycles. The number of hydrogen-bond donors (Lipinski definition) is 1. The Morgan fingerprint density at radius 2 is 1.95 bits per heavy atom. The summed E-state index contributed by atoms with van der Waals surface area (Å²) in [6.07, 6.45) is 0. The summed E-state index contributed by atoms with van der Waals surface area (Å²) in [5.74, 6) is 0.360. The average Bonchev–Trinajstić information content (AvgIpc) is 2.74. The Bertz CT molecular complexity index is 649. The Hall–Kier alpha value is -2.50. The fourth-order valence-corrected chi connectivity index (χ4v) is 2.20. The zero-order chi connectivity index (χ0) is 15.4. The van der Waals surface area contributed by atoms with E-state index in [2.05, 4.69) is 5.10 Å². The summed E-state index contributed by atoms with van der Waals surface area (Å²) in [6, 6.07) is 7.37. The van der Waals surface area contributed by atoms with Crippen molar-refractivity contribution in [2.24, 2.45) is 0 Å². The van der Waals surface area contributed by atoms with Gasteiger partial charge in [-0.2, -0.15) is 5.10 Å². The number of ether oxygens (including phenoxy) is 2. The van der Waals surface area contributed by atoms with Crippen LogP contribution in [0.1, 0.15) is 21.7 Å². The molecule has 1 heterocycles. The summed E-state index contributed by atoms with van der Waals surface area (Å²) in [4.78, 5) is 11.1. The second-order valence-corrected chi connectivity index (χ2v) is 4.57. The van der Waals surface area contributed by atoms with Gasteiger partial charge in [-0.25, -0.2) is 4.79 Å². The van der Waals surface area contributed by atoms with E-state index in [0.29, 0.717) is 36.0 Å². The molecule has 0 atom stereocenters. The lowest BCUT2D eigenvalue weighted by molar-refractivity contribution is 0.0695. The van der Waals surface area contributed by atoms with E-state index in [1.165, 1.54) is 0 Å². The number of aryl methyl sites for hydroxylation is 1. The Morgan fingerprint density at radius 1 is 1.29 bits per heavy atom. The lowest BCUT2D eigenvalue weighted by Crippen LogP contribution is -2.12. The SMILES string of the molecule is COc1ccccc1OCCn1nc(C)c(C(=O)O)c1C. The van der Waals surface area contributed by atoms with Crippen molar-refractivity contribution in [3.05, 3.63) is 41.2 Å². The Kier molecular flexibility index (Phi) is 4.47. The van der Waals surface area contributed by atoms with Gasteiger partial charge in [0.05, 0.1) is 25.0 Å². The van der Waals surface area contributed by atoms with E-state index in [-0.39, 0.29) is 5.56 Å². The molecule has 0 amide bonds. The molecule has 112 valence electrons. The van der Waals surface area contributed by atoms with Crippen LogP contribution in [0.5, 0.6) is 11.5 Å². The normalized spacial score (nSPS) is 10.4. The first-order chi connectivity index (χ1) is 10.0.